The van der Waals surface area contributed by atoms with Crippen molar-refractivity contribution in [3.05, 3.63) is 0 Å². The molecule has 1 unspecified atom stereocenters. The summed E-state index contributed by atoms with van der Waals surface area (Å²) in [6.07, 6.45) is 4.11. The average Bonchev–Trinajstić information content (AvgIpc) is 2.16. The summed E-state index contributed by atoms with van der Waals surface area (Å²) in [7, 11) is 0. The predicted octanol–water partition coefficient (Wildman–Crippen LogP) is 3.58. The number of rotatable bonds is 8. The first kappa shape index (κ1) is 14.9. The first-order chi connectivity index (χ1) is 6.92. The molecule has 2 heteroatoms. The molecule has 1 N–H and O–H groups in total. The topological polar surface area (TPSA) is 29.5 Å². The molecule has 0 aromatic carbocycles. The van der Waals surface area contributed by atoms with Crippen LogP contribution in [0.5, 0.6) is 0 Å². The molecule has 0 heterocycles. The molecule has 0 rings (SSSR count). The second-order valence-corrected chi connectivity index (χ2v) is 5.26. The number of aliphatic hydroxyl groups excluding tert-OH is 1. The SMILES string of the molecule is CCCCCCOC(O)C(C)(C)C(C)C. The van der Waals surface area contributed by atoms with E-state index in [-0.39, 0.29) is 5.41 Å². The highest BCUT2D eigenvalue weighted by Crippen LogP contribution is 2.30. The Morgan fingerprint density at radius 1 is 1.13 bits per heavy atom. The van der Waals surface area contributed by atoms with Crippen LogP contribution < -0.4 is 0 Å². The van der Waals surface area contributed by atoms with Crippen LogP contribution in [0, 0.1) is 11.3 Å². The minimum Gasteiger partial charge on any atom is -0.367 e. The van der Waals surface area contributed by atoms with Gasteiger partial charge in [0, 0.05) is 12.0 Å². The van der Waals surface area contributed by atoms with Crippen molar-refractivity contribution in [1.29, 1.82) is 0 Å². The van der Waals surface area contributed by atoms with Gasteiger partial charge in [-0.15, -0.1) is 0 Å². The Labute approximate surface area is 95.0 Å². The van der Waals surface area contributed by atoms with E-state index in [2.05, 4.69) is 20.8 Å². The summed E-state index contributed by atoms with van der Waals surface area (Å²) in [5.74, 6) is 0.420. The predicted molar refractivity (Wildman–Crippen MR) is 64.7 cm³/mol. The fraction of sp³-hybridized carbons (Fsp3) is 1.00. The Morgan fingerprint density at radius 3 is 2.20 bits per heavy atom. The van der Waals surface area contributed by atoms with Crippen molar-refractivity contribution in [2.45, 2.75) is 66.6 Å². The number of hydrogen-bond acceptors (Lipinski definition) is 2. The molecule has 0 amide bonds. The van der Waals surface area contributed by atoms with Gasteiger partial charge in [-0.1, -0.05) is 53.9 Å². The third kappa shape index (κ3) is 5.53. The van der Waals surface area contributed by atoms with Gasteiger partial charge in [-0.05, 0) is 12.3 Å². The Hall–Kier alpha value is -0.0800. The normalized spacial score (nSPS) is 14.6. The Balaban J connectivity index is 3.69. The van der Waals surface area contributed by atoms with E-state index in [4.69, 9.17) is 4.74 Å². The van der Waals surface area contributed by atoms with Gasteiger partial charge in [0.25, 0.3) is 0 Å². The van der Waals surface area contributed by atoms with Gasteiger partial charge in [0.05, 0.1) is 0 Å². The monoisotopic (exact) mass is 216 g/mol. The zero-order valence-electron chi connectivity index (χ0n) is 11.0. The van der Waals surface area contributed by atoms with Crippen LogP contribution in [0.1, 0.15) is 60.3 Å². The van der Waals surface area contributed by atoms with E-state index in [9.17, 15) is 5.11 Å². The standard InChI is InChI=1S/C13H28O2/c1-6-7-8-9-10-15-12(14)13(4,5)11(2)3/h11-12,14H,6-10H2,1-5H3. The van der Waals surface area contributed by atoms with E-state index in [0.717, 1.165) is 6.42 Å². The third-order valence-electron chi connectivity index (χ3n) is 3.40. The molecule has 0 aliphatic heterocycles. The molecule has 0 spiro atoms. The van der Waals surface area contributed by atoms with Crippen molar-refractivity contribution in [2.24, 2.45) is 11.3 Å². The Morgan fingerprint density at radius 2 is 1.73 bits per heavy atom. The summed E-state index contributed by atoms with van der Waals surface area (Å²) < 4.78 is 5.47. The number of ether oxygens (including phenoxy) is 1. The van der Waals surface area contributed by atoms with Crippen molar-refractivity contribution in [2.75, 3.05) is 6.61 Å². The van der Waals surface area contributed by atoms with Gasteiger partial charge in [0.2, 0.25) is 0 Å². The third-order valence-corrected chi connectivity index (χ3v) is 3.40. The molecule has 1 atom stereocenters. The molecule has 0 aromatic rings. The molecule has 0 fully saturated rings. The smallest absolute Gasteiger partial charge is 0.159 e. The second-order valence-electron chi connectivity index (χ2n) is 5.26. The van der Waals surface area contributed by atoms with Crippen molar-refractivity contribution in [3.8, 4) is 0 Å². The summed E-state index contributed by atoms with van der Waals surface area (Å²) in [5.41, 5.74) is -0.162. The van der Waals surface area contributed by atoms with Crippen LogP contribution >= 0.6 is 0 Å². The fourth-order valence-electron chi connectivity index (χ4n) is 1.22. The van der Waals surface area contributed by atoms with E-state index in [0.29, 0.717) is 12.5 Å². The molecule has 0 saturated heterocycles. The average molecular weight is 216 g/mol. The second kappa shape index (κ2) is 7.24. The number of aliphatic hydroxyl groups is 1. The fourth-order valence-corrected chi connectivity index (χ4v) is 1.22. The van der Waals surface area contributed by atoms with Crippen LogP contribution in [-0.2, 0) is 4.74 Å². The summed E-state index contributed by atoms with van der Waals surface area (Å²) in [4.78, 5) is 0. The molecule has 0 aromatic heterocycles. The van der Waals surface area contributed by atoms with Gasteiger partial charge in [-0.3, -0.25) is 0 Å². The van der Waals surface area contributed by atoms with Crippen molar-refractivity contribution in [1.82, 2.24) is 0 Å². The van der Waals surface area contributed by atoms with Crippen LogP contribution in [-0.4, -0.2) is 18.0 Å². The molecule has 2 nitrogen and oxygen atoms in total. The zero-order chi connectivity index (χ0) is 11.9. The molecule has 15 heavy (non-hydrogen) atoms. The van der Waals surface area contributed by atoms with Gasteiger partial charge >= 0.3 is 0 Å². The van der Waals surface area contributed by atoms with Crippen LogP contribution in [0.15, 0.2) is 0 Å². The van der Waals surface area contributed by atoms with E-state index < -0.39 is 6.29 Å². The largest absolute Gasteiger partial charge is 0.367 e. The van der Waals surface area contributed by atoms with Crippen LogP contribution in [0.3, 0.4) is 0 Å². The first-order valence-corrected chi connectivity index (χ1v) is 6.22. The molecule has 0 saturated carbocycles. The van der Waals surface area contributed by atoms with Gasteiger partial charge in [0.15, 0.2) is 6.29 Å². The van der Waals surface area contributed by atoms with Gasteiger partial charge in [-0.25, -0.2) is 0 Å². The maximum Gasteiger partial charge on any atom is 0.159 e. The lowest BCUT2D eigenvalue weighted by molar-refractivity contribution is -0.178. The number of hydrogen-bond donors (Lipinski definition) is 1. The number of unbranched alkanes of at least 4 members (excludes halogenated alkanes) is 3. The molecular weight excluding hydrogens is 188 g/mol. The highest BCUT2D eigenvalue weighted by atomic mass is 16.6. The maximum atomic E-state index is 9.88. The molecule has 0 bridgehead atoms. The van der Waals surface area contributed by atoms with Crippen LogP contribution in [0.4, 0.5) is 0 Å². The first-order valence-electron chi connectivity index (χ1n) is 6.22. The van der Waals surface area contributed by atoms with Crippen LogP contribution in [0.25, 0.3) is 0 Å². The van der Waals surface area contributed by atoms with Crippen molar-refractivity contribution < 1.29 is 9.84 Å². The maximum absolute atomic E-state index is 9.88. The molecule has 92 valence electrons. The van der Waals surface area contributed by atoms with E-state index in [1.165, 1.54) is 19.3 Å². The minimum absolute atomic E-state index is 0.162. The molecule has 0 aliphatic carbocycles. The quantitative estimate of drug-likeness (QED) is 0.496. The molecule has 0 radical (unpaired) electrons. The highest BCUT2D eigenvalue weighted by molar-refractivity contribution is 4.75. The summed E-state index contributed by atoms with van der Waals surface area (Å²) >= 11 is 0. The summed E-state index contributed by atoms with van der Waals surface area (Å²) in [5, 5.41) is 9.88. The summed E-state index contributed by atoms with van der Waals surface area (Å²) in [6, 6.07) is 0. The molecular formula is C13H28O2. The Kier molecular flexibility index (Phi) is 7.20. The minimum atomic E-state index is -0.640. The van der Waals surface area contributed by atoms with Crippen molar-refractivity contribution in [3.63, 3.8) is 0 Å². The molecule has 0 aliphatic rings. The van der Waals surface area contributed by atoms with Gasteiger partial charge in [0.1, 0.15) is 0 Å². The van der Waals surface area contributed by atoms with E-state index in [1.807, 2.05) is 13.8 Å². The summed E-state index contributed by atoms with van der Waals surface area (Å²) in [6.45, 7) is 11.2. The van der Waals surface area contributed by atoms with Crippen molar-refractivity contribution >= 4 is 0 Å². The lowest BCUT2D eigenvalue weighted by Gasteiger charge is -2.34. The van der Waals surface area contributed by atoms with Crippen LogP contribution in [0.2, 0.25) is 0 Å². The highest BCUT2D eigenvalue weighted by Gasteiger charge is 2.31. The van der Waals surface area contributed by atoms with Gasteiger partial charge in [-0.2, -0.15) is 0 Å². The van der Waals surface area contributed by atoms with E-state index >= 15 is 0 Å². The van der Waals surface area contributed by atoms with Gasteiger partial charge < -0.3 is 9.84 Å². The lowest BCUT2D eigenvalue weighted by atomic mass is 9.80. The Bertz CT molecular complexity index is 153. The zero-order valence-corrected chi connectivity index (χ0v) is 11.0. The lowest BCUT2D eigenvalue weighted by Crippen LogP contribution is -2.36. The van der Waals surface area contributed by atoms with E-state index in [1.54, 1.807) is 0 Å².